The van der Waals surface area contributed by atoms with E-state index in [-0.39, 0.29) is 6.03 Å². The van der Waals surface area contributed by atoms with E-state index in [1.165, 1.54) is 0 Å². The Kier molecular flexibility index (Phi) is 8.01. The fourth-order valence-corrected chi connectivity index (χ4v) is 4.68. The Morgan fingerprint density at radius 1 is 1.00 bits per heavy atom. The highest BCUT2D eigenvalue weighted by atomic mass is 16.5. The van der Waals surface area contributed by atoms with E-state index in [0.29, 0.717) is 32.0 Å². The van der Waals surface area contributed by atoms with E-state index in [9.17, 15) is 4.79 Å². The third kappa shape index (κ3) is 5.72. The second-order valence-corrected chi connectivity index (χ2v) is 9.36. The summed E-state index contributed by atoms with van der Waals surface area (Å²) in [6.07, 6.45) is 3.67. The molecule has 2 amide bonds. The van der Waals surface area contributed by atoms with Crippen LogP contribution in [0.4, 0.5) is 16.3 Å². The second kappa shape index (κ2) is 11.9. The first-order chi connectivity index (χ1) is 18.7. The Labute approximate surface area is 222 Å². The van der Waals surface area contributed by atoms with Crippen LogP contribution >= 0.6 is 0 Å². The van der Waals surface area contributed by atoms with Crippen LogP contribution in [0.5, 0.6) is 5.75 Å². The van der Waals surface area contributed by atoms with Gasteiger partial charge < -0.3 is 24.4 Å². The van der Waals surface area contributed by atoms with Crippen molar-refractivity contribution in [2.45, 2.75) is 39.5 Å². The number of anilines is 2. The average molecular weight is 515 g/mol. The van der Waals surface area contributed by atoms with E-state index in [1.54, 1.807) is 0 Å². The Hall–Kier alpha value is -4.14. The van der Waals surface area contributed by atoms with Crippen molar-refractivity contribution in [3.8, 4) is 17.0 Å². The molecule has 1 aliphatic rings. The van der Waals surface area contributed by atoms with E-state index < -0.39 is 0 Å². The number of carbonyl (C=O) groups excluding carboxylic acids is 1. The highest BCUT2D eigenvalue weighted by molar-refractivity contribution is 5.98. The molecule has 0 aliphatic carbocycles. The smallest absolute Gasteiger partial charge is 0.321 e. The number of fused-ring (bicyclic) bond motifs is 1. The van der Waals surface area contributed by atoms with Crippen molar-refractivity contribution in [1.29, 1.82) is 0 Å². The summed E-state index contributed by atoms with van der Waals surface area (Å²) in [6.45, 7) is 7.36. The molecule has 5 rings (SSSR count). The molecule has 4 aromatic rings. The van der Waals surface area contributed by atoms with Gasteiger partial charge in [0, 0.05) is 43.9 Å². The lowest BCUT2D eigenvalue weighted by molar-refractivity contribution is 0.215. The first-order valence-electron chi connectivity index (χ1n) is 13.4. The molecule has 1 aliphatic heterocycles. The summed E-state index contributed by atoms with van der Waals surface area (Å²) in [6, 6.07) is 17.3. The standard InChI is InChI=1S/C29H34N6O3/c1-3-5-12-24-31-27(25-26(33-38-28(25)32-24)21-10-7-6-8-11-21)34-17-9-18-35(20-19-34)29(36)30-22-13-15-23(16-14-22)37-4-2/h6-8,10-11,13-16H,3-5,9,12,17-20H2,1-2H3,(H,30,36). The molecule has 0 radical (unpaired) electrons. The van der Waals surface area contributed by atoms with E-state index in [2.05, 4.69) is 22.3 Å². The van der Waals surface area contributed by atoms with Crippen molar-refractivity contribution in [1.82, 2.24) is 20.0 Å². The number of aryl methyl sites for hydroxylation is 1. The van der Waals surface area contributed by atoms with Crippen LogP contribution in [-0.4, -0.2) is 58.8 Å². The second-order valence-electron chi connectivity index (χ2n) is 9.36. The minimum Gasteiger partial charge on any atom is -0.494 e. The van der Waals surface area contributed by atoms with Gasteiger partial charge in [0.25, 0.3) is 5.71 Å². The molecule has 3 heterocycles. The Bertz CT molecular complexity index is 1360. The number of nitrogens with one attached hydrogen (secondary N) is 1. The van der Waals surface area contributed by atoms with Gasteiger partial charge in [-0.3, -0.25) is 0 Å². The van der Waals surface area contributed by atoms with Crippen LogP contribution in [-0.2, 0) is 6.42 Å². The third-order valence-electron chi connectivity index (χ3n) is 6.66. The monoisotopic (exact) mass is 514 g/mol. The molecule has 9 nitrogen and oxygen atoms in total. The Morgan fingerprint density at radius 3 is 2.58 bits per heavy atom. The first kappa shape index (κ1) is 25.5. The van der Waals surface area contributed by atoms with Crippen molar-refractivity contribution >= 4 is 28.6 Å². The number of unbranched alkanes of at least 4 members (excludes halogenated alkanes) is 1. The van der Waals surface area contributed by atoms with Crippen LogP contribution in [0, 0.1) is 0 Å². The lowest BCUT2D eigenvalue weighted by atomic mass is 10.1. The maximum Gasteiger partial charge on any atom is 0.321 e. The first-order valence-corrected chi connectivity index (χ1v) is 13.4. The number of ether oxygens (including phenoxy) is 1. The van der Waals surface area contributed by atoms with Crippen LogP contribution in [0.15, 0.2) is 59.1 Å². The van der Waals surface area contributed by atoms with Gasteiger partial charge in [-0.15, -0.1) is 0 Å². The summed E-state index contributed by atoms with van der Waals surface area (Å²) in [5, 5.41) is 8.22. The molecule has 0 bridgehead atoms. The number of rotatable bonds is 8. The molecule has 0 saturated carbocycles. The molecule has 198 valence electrons. The molecule has 1 fully saturated rings. The largest absolute Gasteiger partial charge is 0.494 e. The van der Waals surface area contributed by atoms with Crippen molar-refractivity contribution in [3.63, 3.8) is 0 Å². The van der Waals surface area contributed by atoms with Crippen LogP contribution in [0.25, 0.3) is 22.4 Å². The molecular weight excluding hydrogens is 480 g/mol. The lowest BCUT2D eigenvalue weighted by Crippen LogP contribution is -2.38. The molecule has 9 heteroatoms. The minimum atomic E-state index is -0.109. The molecule has 0 spiro atoms. The van der Waals surface area contributed by atoms with Gasteiger partial charge in [0.2, 0.25) is 0 Å². The third-order valence-corrected chi connectivity index (χ3v) is 6.66. The number of hydrogen-bond acceptors (Lipinski definition) is 7. The summed E-state index contributed by atoms with van der Waals surface area (Å²) in [7, 11) is 0. The number of nitrogens with zero attached hydrogens (tertiary/aromatic N) is 5. The fraction of sp³-hybridized carbons (Fsp3) is 0.379. The van der Waals surface area contributed by atoms with Crippen LogP contribution < -0.4 is 15.0 Å². The van der Waals surface area contributed by atoms with Crippen LogP contribution in [0.2, 0.25) is 0 Å². The summed E-state index contributed by atoms with van der Waals surface area (Å²) in [5.74, 6) is 2.38. The molecule has 38 heavy (non-hydrogen) atoms. The topological polar surface area (TPSA) is 96.6 Å². The molecule has 1 saturated heterocycles. The van der Waals surface area contributed by atoms with Gasteiger partial charge in [-0.1, -0.05) is 48.8 Å². The van der Waals surface area contributed by atoms with E-state index in [0.717, 1.165) is 72.0 Å². The molecular formula is C29H34N6O3. The van der Waals surface area contributed by atoms with E-state index >= 15 is 0 Å². The van der Waals surface area contributed by atoms with Gasteiger partial charge in [0.1, 0.15) is 28.5 Å². The summed E-state index contributed by atoms with van der Waals surface area (Å²) in [5.41, 5.74) is 2.96. The number of carbonyl (C=O) groups is 1. The normalized spacial score (nSPS) is 13.9. The van der Waals surface area contributed by atoms with Gasteiger partial charge in [-0.2, -0.15) is 4.98 Å². The SMILES string of the molecule is CCCCc1nc(N2CCCN(C(=O)Nc3ccc(OCC)cc3)CC2)c2c(-c3ccccc3)noc2n1. The Balaban J connectivity index is 1.37. The zero-order chi connectivity index (χ0) is 26.3. The number of aromatic nitrogens is 3. The highest BCUT2D eigenvalue weighted by Gasteiger charge is 2.26. The van der Waals surface area contributed by atoms with Gasteiger partial charge in [0.05, 0.1) is 6.61 Å². The quantitative estimate of drug-likeness (QED) is 0.319. The van der Waals surface area contributed by atoms with Crippen LogP contribution in [0.3, 0.4) is 0 Å². The predicted molar refractivity (Wildman–Crippen MR) is 149 cm³/mol. The number of benzene rings is 2. The van der Waals surface area contributed by atoms with Crippen LogP contribution in [0.1, 0.15) is 38.9 Å². The van der Waals surface area contributed by atoms with Gasteiger partial charge in [0.15, 0.2) is 0 Å². The molecule has 0 atom stereocenters. The average Bonchev–Trinajstić information content (AvgIpc) is 3.22. The molecule has 1 N–H and O–H groups in total. The van der Waals surface area contributed by atoms with Crippen molar-refractivity contribution < 1.29 is 14.1 Å². The number of amides is 2. The maximum absolute atomic E-state index is 13.1. The molecule has 2 aromatic heterocycles. The molecule has 0 unspecified atom stereocenters. The summed E-state index contributed by atoms with van der Waals surface area (Å²) < 4.78 is 11.2. The fourth-order valence-electron chi connectivity index (χ4n) is 4.68. The summed E-state index contributed by atoms with van der Waals surface area (Å²) in [4.78, 5) is 26.9. The number of hydrogen-bond donors (Lipinski definition) is 1. The lowest BCUT2D eigenvalue weighted by Gasteiger charge is -2.24. The number of urea groups is 1. The van der Waals surface area contributed by atoms with Gasteiger partial charge in [-0.25, -0.2) is 9.78 Å². The summed E-state index contributed by atoms with van der Waals surface area (Å²) >= 11 is 0. The van der Waals surface area contributed by atoms with Crippen molar-refractivity contribution in [2.75, 3.05) is 43.0 Å². The van der Waals surface area contributed by atoms with Crippen molar-refractivity contribution in [2.24, 2.45) is 0 Å². The minimum absolute atomic E-state index is 0.109. The maximum atomic E-state index is 13.1. The Morgan fingerprint density at radius 2 is 1.82 bits per heavy atom. The van der Waals surface area contributed by atoms with Gasteiger partial charge in [-0.05, 0) is 44.0 Å². The molecule has 2 aromatic carbocycles. The van der Waals surface area contributed by atoms with Gasteiger partial charge >= 0.3 is 6.03 Å². The zero-order valence-electron chi connectivity index (χ0n) is 22.0. The zero-order valence-corrected chi connectivity index (χ0v) is 22.0. The van der Waals surface area contributed by atoms with Crippen molar-refractivity contribution in [3.05, 3.63) is 60.4 Å². The van der Waals surface area contributed by atoms with E-state index in [1.807, 2.05) is 66.4 Å². The van der Waals surface area contributed by atoms with E-state index in [4.69, 9.17) is 19.2 Å². The highest BCUT2D eigenvalue weighted by Crippen LogP contribution is 2.34. The predicted octanol–water partition coefficient (Wildman–Crippen LogP) is 5.77.